The highest BCUT2D eigenvalue weighted by atomic mass is 16.2. The molecule has 0 bridgehead atoms. The average Bonchev–Trinajstić information content (AvgIpc) is 3.17. The summed E-state index contributed by atoms with van der Waals surface area (Å²) in [5.74, 6) is 0.954. The molecule has 4 nitrogen and oxygen atoms in total. The minimum absolute atomic E-state index is 0.248. The number of carbonyl (C=O) groups excluding carboxylic acids is 1. The number of aryl methyl sites for hydroxylation is 2. The Bertz CT molecular complexity index is 521. The van der Waals surface area contributed by atoms with Gasteiger partial charge in [-0.25, -0.2) is 0 Å². The van der Waals surface area contributed by atoms with Crippen LogP contribution in [0.1, 0.15) is 57.5 Å². The monoisotopic (exact) mass is 291 g/mol. The minimum atomic E-state index is -0.322. The van der Waals surface area contributed by atoms with Crippen molar-refractivity contribution in [3.8, 4) is 0 Å². The zero-order valence-corrected chi connectivity index (χ0v) is 14.4. The first-order valence-corrected chi connectivity index (χ1v) is 8.06. The van der Waals surface area contributed by atoms with Crippen molar-refractivity contribution >= 4 is 5.91 Å². The van der Waals surface area contributed by atoms with Gasteiger partial charge in [-0.1, -0.05) is 20.8 Å². The van der Waals surface area contributed by atoms with E-state index in [4.69, 9.17) is 0 Å². The number of nitrogens with zero attached hydrogens (tertiary/aromatic N) is 3. The lowest BCUT2D eigenvalue weighted by Crippen LogP contribution is -2.40. The maximum atomic E-state index is 12.7. The lowest BCUT2D eigenvalue weighted by molar-refractivity contribution is -0.140. The molecule has 118 valence electrons. The molecule has 4 heteroatoms. The molecule has 1 heterocycles. The van der Waals surface area contributed by atoms with Crippen LogP contribution in [0.2, 0.25) is 0 Å². The van der Waals surface area contributed by atoms with Gasteiger partial charge in [0.15, 0.2) is 0 Å². The van der Waals surface area contributed by atoms with Gasteiger partial charge in [-0.05, 0) is 39.5 Å². The molecule has 0 unspecified atom stereocenters. The summed E-state index contributed by atoms with van der Waals surface area (Å²) in [4.78, 5) is 14.8. The molecule has 0 aromatic carbocycles. The van der Waals surface area contributed by atoms with Crippen molar-refractivity contribution in [2.45, 2.75) is 67.5 Å². The molecule has 0 aliphatic heterocycles. The third-order valence-electron chi connectivity index (χ3n) is 4.28. The van der Waals surface area contributed by atoms with Crippen molar-refractivity contribution in [3.63, 3.8) is 0 Å². The molecule has 1 aliphatic carbocycles. The van der Waals surface area contributed by atoms with Gasteiger partial charge in [-0.15, -0.1) is 0 Å². The Morgan fingerprint density at radius 2 is 1.95 bits per heavy atom. The molecular formula is C17H29N3O. The van der Waals surface area contributed by atoms with E-state index in [9.17, 15) is 4.79 Å². The smallest absolute Gasteiger partial charge is 0.228 e. The molecule has 0 radical (unpaired) electrons. The van der Waals surface area contributed by atoms with Gasteiger partial charge in [0.2, 0.25) is 5.91 Å². The van der Waals surface area contributed by atoms with Crippen LogP contribution in [0.25, 0.3) is 0 Å². The van der Waals surface area contributed by atoms with E-state index in [0.717, 1.165) is 18.8 Å². The molecular weight excluding hydrogens is 262 g/mol. The van der Waals surface area contributed by atoms with Crippen LogP contribution < -0.4 is 0 Å². The maximum Gasteiger partial charge on any atom is 0.228 e. The predicted octanol–water partition coefficient (Wildman–Crippen LogP) is 3.30. The molecule has 0 N–H and O–H groups in total. The van der Waals surface area contributed by atoms with Gasteiger partial charge in [-0.2, -0.15) is 5.10 Å². The number of aromatic nitrogens is 2. The first-order chi connectivity index (χ1) is 9.74. The second-order valence-electron chi connectivity index (χ2n) is 7.34. The van der Waals surface area contributed by atoms with Crippen LogP contribution in [-0.4, -0.2) is 27.1 Å². The Kier molecular flexibility index (Phi) is 4.45. The highest BCUT2D eigenvalue weighted by Crippen LogP contribution is 2.32. The summed E-state index contributed by atoms with van der Waals surface area (Å²) in [5.41, 5.74) is 3.14. The molecule has 0 saturated heterocycles. The third-order valence-corrected chi connectivity index (χ3v) is 4.28. The summed E-state index contributed by atoms with van der Waals surface area (Å²) in [5, 5.41) is 4.58. The van der Waals surface area contributed by atoms with Crippen molar-refractivity contribution in [3.05, 3.63) is 17.0 Å². The van der Waals surface area contributed by atoms with Gasteiger partial charge in [0.1, 0.15) is 0 Å². The van der Waals surface area contributed by atoms with Crippen LogP contribution in [0, 0.1) is 25.2 Å². The van der Waals surface area contributed by atoms with Gasteiger partial charge in [-0.3, -0.25) is 9.48 Å². The van der Waals surface area contributed by atoms with E-state index in [1.807, 2.05) is 32.4 Å². The van der Waals surface area contributed by atoms with Crippen LogP contribution >= 0.6 is 0 Å². The summed E-state index contributed by atoms with van der Waals surface area (Å²) in [6, 6.07) is 0. The summed E-state index contributed by atoms with van der Waals surface area (Å²) in [7, 11) is 0. The number of carbonyl (C=O) groups is 1. The quantitative estimate of drug-likeness (QED) is 0.835. The van der Waals surface area contributed by atoms with E-state index < -0.39 is 0 Å². The maximum absolute atomic E-state index is 12.7. The van der Waals surface area contributed by atoms with Crippen LogP contribution in [-0.2, 0) is 17.9 Å². The summed E-state index contributed by atoms with van der Waals surface area (Å²) >= 11 is 0. The van der Waals surface area contributed by atoms with Crippen LogP contribution in [0.3, 0.4) is 0 Å². The molecule has 1 saturated carbocycles. The first-order valence-electron chi connectivity index (χ1n) is 8.06. The fourth-order valence-corrected chi connectivity index (χ4v) is 2.77. The molecule has 1 fully saturated rings. The Hall–Kier alpha value is -1.32. The van der Waals surface area contributed by atoms with Gasteiger partial charge < -0.3 is 4.90 Å². The Morgan fingerprint density at radius 3 is 2.38 bits per heavy atom. The third kappa shape index (κ3) is 3.66. The van der Waals surface area contributed by atoms with E-state index in [2.05, 4.69) is 23.8 Å². The second kappa shape index (κ2) is 5.82. The lowest BCUT2D eigenvalue weighted by Gasteiger charge is -2.30. The van der Waals surface area contributed by atoms with E-state index in [0.29, 0.717) is 12.5 Å². The van der Waals surface area contributed by atoms with Crippen molar-refractivity contribution in [2.75, 3.05) is 6.54 Å². The zero-order valence-electron chi connectivity index (χ0n) is 14.4. The molecule has 2 rings (SSSR count). The SMILES string of the molecule is CCn1nc(C)c(CN(CC2CC2)C(=O)C(C)(C)C)c1C. The molecule has 1 aromatic rings. The number of rotatable bonds is 5. The van der Waals surface area contributed by atoms with Crippen LogP contribution in [0.5, 0.6) is 0 Å². The standard InChI is InChI=1S/C17H29N3O/c1-7-20-13(3)15(12(2)18-20)11-19(10-14-8-9-14)16(21)17(4,5)6/h14H,7-11H2,1-6H3. The fourth-order valence-electron chi connectivity index (χ4n) is 2.77. The first kappa shape index (κ1) is 16.1. The molecule has 0 atom stereocenters. The van der Waals surface area contributed by atoms with E-state index in [1.54, 1.807) is 0 Å². The van der Waals surface area contributed by atoms with Gasteiger partial charge in [0, 0.05) is 36.3 Å². The molecule has 1 aromatic heterocycles. The topological polar surface area (TPSA) is 38.1 Å². The van der Waals surface area contributed by atoms with E-state index >= 15 is 0 Å². The van der Waals surface area contributed by atoms with Gasteiger partial charge >= 0.3 is 0 Å². The number of hydrogen-bond acceptors (Lipinski definition) is 2. The predicted molar refractivity (Wildman–Crippen MR) is 85.0 cm³/mol. The summed E-state index contributed by atoms with van der Waals surface area (Å²) in [6.45, 7) is 14.7. The molecule has 1 amide bonds. The average molecular weight is 291 g/mol. The Morgan fingerprint density at radius 1 is 1.33 bits per heavy atom. The van der Waals surface area contributed by atoms with Crippen molar-refractivity contribution < 1.29 is 4.79 Å². The second-order valence-corrected chi connectivity index (χ2v) is 7.34. The number of hydrogen-bond donors (Lipinski definition) is 0. The highest BCUT2D eigenvalue weighted by Gasteiger charge is 2.33. The zero-order chi connectivity index (χ0) is 15.8. The lowest BCUT2D eigenvalue weighted by atomic mass is 9.94. The molecule has 1 aliphatic rings. The van der Waals surface area contributed by atoms with Crippen molar-refractivity contribution in [1.29, 1.82) is 0 Å². The Balaban J connectivity index is 2.22. The largest absolute Gasteiger partial charge is 0.338 e. The highest BCUT2D eigenvalue weighted by molar-refractivity contribution is 5.81. The van der Waals surface area contributed by atoms with Crippen molar-refractivity contribution in [2.24, 2.45) is 11.3 Å². The molecule has 0 spiro atoms. The minimum Gasteiger partial charge on any atom is -0.338 e. The van der Waals surface area contributed by atoms with Gasteiger partial charge in [0.25, 0.3) is 0 Å². The molecule has 21 heavy (non-hydrogen) atoms. The Labute approximate surface area is 128 Å². The van der Waals surface area contributed by atoms with Crippen LogP contribution in [0.15, 0.2) is 0 Å². The van der Waals surface area contributed by atoms with Crippen LogP contribution in [0.4, 0.5) is 0 Å². The fraction of sp³-hybridized carbons (Fsp3) is 0.765. The van der Waals surface area contributed by atoms with Crippen molar-refractivity contribution in [1.82, 2.24) is 14.7 Å². The number of amides is 1. The van der Waals surface area contributed by atoms with E-state index in [-0.39, 0.29) is 11.3 Å². The van der Waals surface area contributed by atoms with E-state index in [1.165, 1.54) is 24.1 Å². The normalized spacial score (nSPS) is 15.3. The van der Waals surface area contributed by atoms with Gasteiger partial charge in [0.05, 0.1) is 5.69 Å². The summed E-state index contributed by atoms with van der Waals surface area (Å²) < 4.78 is 2.03. The summed E-state index contributed by atoms with van der Waals surface area (Å²) in [6.07, 6.45) is 2.53.